The molecule has 0 fully saturated rings. The van der Waals surface area contributed by atoms with E-state index in [9.17, 15) is 14.7 Å². The maximum absolute atomic E-state index is 13.7. The highest BCUT2D eigenvalue weighted by Crippen LogP contribution is 2.46. The van der Waals surface area contributed by atoms with E-state index < -0.39 is 11.9 Å². The van der Waals surface area contributed by atoms with Crippen molar-refractivity contribution < 1.29 is 33.6 Å². The number of carbonyl (C=O) groups excluding carboxylic acids is 2. The summed E-state index contributed by atoms with van der Waals surface area (Å²) in [4.78, 5) is 27.0. The fraction of sp³-hybridized carbons (Fsp3) is 0.379. The van der Waals surface area contributed by atoms with Gasteiger partial charge >= 0.3 is 5.97 Å². The molecule has 0 amide bonds. The smallest absolute Gasteiger partial charge is 0.336 e. The summed E-state index contributed by atoms with van der Waals surface area (Å²) in [5.41, 5.74) is 4.09. The van der Waals surface area contributed by atoms with E-state index in [0.717, 1.165) is 16.8 Å². The lowest BCUT2D eigenvalue weighted by molar-refractivity contribution is -0.140. The third-order valence-electron chi connectivity index (χ3n) is 6.82. The Hall–Kier alpha value is -3.78. The molecule has 2 N–H and O–H groups in total. The van der Waals surface area contributed by atoms with Gasteiger partial charge in [-0.2, -0.15) is 0 Å². The van der Waals surface area contributed by atoms with Gasteiger partial charge in [0.2, 0.25) is 0 Å². The average molecular weight is 508 g/mol. The van der Waals surface area contributed by atoms with Crippen molar-refractivity contribution in [1.82, 2.24) is 5.32 Å². The molecule has 0 unspecified atom stereocenters. The van der Waals surface area contributed by atoms with Crippen molar-refractivity contribution in [3.8, 4) is 17.2 Å². The molecular weight excluding hydrogens is 474 g/mol. The molecule has 1 aliphatic carbocycles. The number of aromatic hydroxyl groups is 1. The number of hydrogen-bond donors (Lipinski definition) is 2. The van der Waals surface area contributed by atoms with Gasteiger partial charge in [-0.1, -0.05) is 18.2 Å². The fourth-order valence-electron chi connectivity index (χ4n) is 5.07. The Labute approximate surface area is 216 Å². The van der Waals surface area contributed by atoms with Crippen molar-refractivity contribution in [3.05, 3.63) is 76.1 Å². The van der Waals surface area contributed by atoms with Crippen molar-refractivity contribution in [2.45, 2.75) is 38.5 Å². The van der Waals surface area contributed by atoms with Crippen LogP contribution in [0.4, 0.5) is 0 Å². The number of phenols is 1. The second kappa shape index (κ2) is 11.5. The number of allylic oxidation sites excluding steroid dienone is 3. The number of esters is 1. The summed E-state index contributed by atoms with van der Waals surface area (Å²) in [6.07, 6.45) is 0.880. The lowest BCUT2D eigenvalue weighted by Crippen LogP contribution is -2.36. The van der Waals surface area contributed by atoms with Gasteiger partial charge in [-0.25, -0.2) is 4.79 Å². The second-order valence-corrected chi connectivity index (χ2v) is 9.06. The Balaban J connectivity index is 1.70. The molecule has 0 radical (unpaired) electrons. The van der Waals surface area contributed by atoms with Gasteiger partial charge < -0.3 is 29.4 Å². The normalized spacial score (nSPS) is 19.3. The number of ketones is 1. The van der Waals surface area contributed by atoms with Crippen molar-refractivity contribution >= 4 is 11.8 Å². The van der Waals surface area contributed by atoms with E-state index >= 15 is 0 Å². The molecule has 0 bridgehead atoms. The summed E-state index contributed by atoms with van der Waals surface area (Å²) < 4.78 is 21.6. The Morgan fingerprint density at radius 3 is 2.38 bits per heavy atom. The largest absolute Gasteiger partial charge is 0.508 e. The van der Waals surface area contributed by atoms with Gasteiger partial charge in [0.25, 0.3) is 0 Å². The monoisotopic (exact) mass is 507 g/mol. The minimum Gasteiger partial charge on any atom is -0.508 e. The SMILES string of the molecule is CCOCCOC(=O)C1=C(C)NC2=C(C(=O)C[C@@H](c3ccc(OC)c(OC)c3)C2)[C@H]1c1ccc(O)cc1. The molecule has 8 nitrogen and oxygen atoms in total. The number of rotatable bonds is 9. The van der Waals surface area contributed by atoms with Crippen LogP contribution in [0.1, 0.15) is 49.7 Å². The van der Waals surface area contributed by atoms with Crippen molar-refractivity contribution in [2.75, 3.05) is 34.0 Å². The van der Waals surface area contributed by atoms with Crippen LogP contribution in [0.15, 0.2) is 65.0 Å². The van der Waals surface area contributed by atoms with Gasteiger partial charge in [0.1, 0.15) is 12.4 Å². The first kappa shape index (κ1) is 26.3. The summed E-state index contributed by atoms with van der Waals surface area (Å²) in [6, 6.07) is 12.3. The van der Waals surface area contributed by atoms with Crippen LogP contribution in [0.2, 0.25) is 0 Å². The number of carbonyl (C=O) groups is 2. The zero-order valence-corrected chi connectivity index (χ0v) is 21.6. The molecule has 2 aliphatic rings. The van der Waals surface area contributed by atoms with Crippen molar-refractivity contribution in [3.63, 3.8) is 0 Å². The van der Waals surface area contributed by atoms with E-state index in [1.165, 1.54) is 0 Å². The van der Waals surface area contributed by atoms with Crippen LogP contribution in [-0.4, -0.2) is 50.9 Å². The first-order valence-corrected chi connectivity index (χ1v) is 12.4. The highest BCUT2D eigenvalue weighted by atomic mass is 16.6. The molecule has 0 aromatic heterocycles. The number of methoxy groups -OCH3 is 2. The van der Waals surface area contributed by atoms with E-state index in [0.29, 0.717) is 48.0 Å². The molecule has 196 valence electrons. The molecule has 2 aromatic rings. The van der Waals surface area contributed by atoms with Gasteiger partial charge in [-0.05, 0) is 61.6 Å². The van der Waals surface area contributed by atoms with E-state index in [1.807, 2.05) is 32.0 Å². The molecule has 0 spiro atoms. The maximum atomic E-state index is 13.7. The van der Waals surface area contributed by atoms with Crippen LogP contribution in [-0.2, 0) is 19.1 Å². The standard InChI is InChI=1S/C29H33NO7/c1-5-36-12-13-37-29(33)26-17(2)30-22-14-20(19-8-11-24(34-3)25(16-19)35-4)15-23(32)28(22)27(26)18-6-9-21(31)10-7-18/h6-11,16,20,27,30-31H,5,12-15H2,1-4H3/t20-,27-/m0/s1. The number of ether oxygens (including phenoxy) is 4. The molecule has 37 heavy (non-hydrogen) atoms. The summed E-state index contributed by atoms with van der Waals surface area (Å²) in [5.74, 6) is 0.142. The van der Waals surface area contributed by atoms with Gasteiger partial charge in [-0.3, -0.25) is 4.79 Å². The second-order valence-electron chi connectivity index (χ2n) is 9.06. The lowest BCUT2D eigenvalue weighted by Gasteiger charge is -2.36. The average Bonchev–Trinajstić information content (AvgIpc) is 2.90. The van der Waals surface area contributed by atoms with Gasteiger partial charge in [-0.15, -0.1) is 0 Å². The highest BCUT2D eigenvalue weighted by Gasteiger charge is 2.41. The highest BCUT2D eigenvalue weighted by molar-refractivity contribution is 6.04. The van der Waals surface area contributed by atoms with Crippen LogP contribution >= 0.6 is 0 Å². The van der Waals surface area contributed by atoms with Crippen LogP contribution in [0.3, 0.4) is 0 Å². The minimum absolute atomic E-state index is 0.0428. The number of Topliss-reactive ketones (excluding diaryl/α,β-unsaturated/α-hetero) is 1. The lowest BCUT2D eigenvalue weighted by atomic mass is 9.71. The van der Waals surface area contributed by atoms with E-state index in [4.69, 9.17) is 18.9 Å². The molecule has 2 aromatic carbocycles. The Morgan fingerprint density at radius 1 is 1.00 bits per heavy atom. The molecular formula is C29H33NO7. The van der Waals surface area contributed by atoms with Gasteiger partial charge in [0.15, 0.2) is 17.3 Å². The maximum Gasteiger partial charge on any atom is 0.336 e. The first-order valence-electron chi connectivity index (χ1n) is 12.4. The van der Waals surface area contributed by atoms with Gasteiger partial charge in [0.05, 0.1) is 26.4 Å². The quantitative estimate of drug-likeness (QED) is 0.381. The fourth-order valence-corrected chi connectivity index (χ4v) is 5.07. The third kappa shape index (κ3) is 5.49. The Bertz CT molecular complexity index is 1230. The molecule has 8 heteroatoms. The summed E-state index contributed by atoms with van der Waals surface area (Å²) in [6.45, 7) is 4.64. The minimum atomic E-state index is -0.602. The number of hydrogen-bond acceptors (Lipinski definition) is 8. The number of nitrogens with one attached hydrogen (secondary N) is 1. The van der Waals surface area contributed by atoms with Crippen LogP contribution < -0.4 is 14.8 Å². The zero-order chi connectivity index (χ0) is 26.5. The number of phenolic OH excluding ortho intramolecular Hbond substituents is 1. The molecule has 0 saturated carbocycles. The molecule has 1 heterocycles. The molecule has 1 aliphatic heterocycles. The topological polar surface area (TPSA) is 103 Å². The first-order chi connectivity index (χ1) is 17.9. The van der Waals surface area contributed by atoms with E-state index in [-0.39, 0.29) is 30.5 Å². The third-order valence-corrected chi connectivity index (χ3v) is 6.82. The summed E-state index contributed by atoms with van der Waals surface area (Å²) in [5, 5.41) is 13.2. The Morgan fingerprint density at radius 2 is 1.70 bits per heavy atom. The van der Waals surface area contributed by atoms with Crippen molar-refractivity contribution in [2.24, 2.45) is 0 Å². The van der Waals surface area contributed by atoms with Gasteiger partial charge in [0, 0.05) is 35.9 Å². The molecule has 0 saturated heterocycles. The van der Waals surface area contributed by atoms with E-state index in [2.05, 4.69) is 5.32 Å². The predicted molar refractivity (Wildman–Crippen MR) is 138 cm³/mol. The number of benzene rings is 2. The van der Waals surface area contributed by atoms with Crippen LogP contribution in [0, 0.1) is 0 Å². The zero-order valence-electron chi connectivity index (χ0n) is 21.6. The summed E-state index contributed by atoms with van der Waals surface area (Å²) >= 11 is 0. The predicted octanol–water partition coefficient (Wildman–Crippen LogP) is 4.35. The number of dihydropyridines is 1. The van der Waals surface area contributed by atoms with Crippen molar-refractivity contribution in [1.29, 1.82) is 0 Å². The molecule has 2 atom stereocenters. The molecule has 4 rings (SSSR count). The summed E-state index contributed by atoms with van der Waals surface area (Å²) in [7, 11) is 3.17. The Kier molecular flexibility index (Phi) is 8.18. The van der Waals surface area contributed by atoms with Crippen LogP contribution in [0.5, 0.6) is 17.2 Å². The van der Waals surface area contributed by atoms with Crippen LogP contribution in [0.25, 0.3) is 0 Å². The van der Waals surface area contributed by atoms with E-state index in [1.54, 1.807) is 38.5 Å².